The SMILES string of the molecule is COC(=O)c1ccc(C=NOCc2ccccc2Cl)cc1. The van der Waals surface area contributed by atoms with Gasteiger partial charge in [-0.3, -0.25) is 0 Å². The minimum Gasteiger partial charge on any atom is -0.465 e. The first-order valence-electron chi connectivity index (χ1n) is 6.28. The maximum absolute atomic E-state index is 11.3. The van der Waals surface area contributed by atoms with Crippen molar-refractivity contribution in [3.8, 4) is 0 Å². The van der Waals surface area contributed by atoms with E-state index in [1.807, 2.05) is 18.2 Å². The van der Waals surface area contributed by atoms with Crippen LogP contribution >= 0.6 is 11.6 Å². The van der Waals surface area contributed by atoms with E-state index in [0.717, 1.165) is 11.1 Å². The van der Waals surface area contributed by atoms with E-state index in [0.29, 0.717) is 17.2 Å². The zero-order valence-corrected chi connectivity index (χ0v) is 12.2. The average Bonchev–Trinajstić information content (AvgIpc) is 2.53. The molecule has 2 aromatic rings. The number of methoxy groups -OCH3 is 1. The van der Waals surface area contributed by atoms with Crippen LogP contribution in [-0.4, -0.2) is 19.3 Å². The standard InChI is InChI=1S/C16H14ClNO3/c1-20-16(19)13-8-6-12(7-9-13)10-18-21-11-14-4-2-3-5-15(14)17/h2-10H,11H2,1H3. The maximum atomic E-state index is 11.3. The molecular weight excluding hydrogens is 290 g/mol. The minimum absolute atomic E-state index is 0.302. The van der Waals surface area contributed by atoms with Gasteiger partial charge in [-0.05, 0) is 23.8 Å². The lowest BCUT2D eigenvalue weighted by atomic mass is 10.1. The van der Waals surface area contributed by atoms with Crippen LogP contribution < -0.4 is 0 Å². The number of oxime groups is 1. The molecule has 0 radical (unpaired) electrons. The molecule has 0 aliphatic heterocycles. The summed E-state index contributed by atoms with van der Waals surface area (Å²) in [6, 6.07) is 14.3. The molecule has 0 aromatic heterocycles. The van der Waals surface area contributed by atoms with Crippen molar-refractivity contribution in [3.05, 3.63) is 70.2 Å². The summed E-state index contributed by atoms with van der Waals surface area (Å²) in [4.78, 5) is 16.5. The fourth-order valence-corrected chi connectivity index (χ4v) is 1.83. The first kappa shape index (κ1) is 15.1. The molecule has 2 rings (SSSR count). The molecule has 2 aromatic carbocycles. The number of nitrogens with zero attached hydrogens (tertiary/aromatic N) is 1. The van der Waals surface area contributed by atoms with Gasteiger partial charge in [0.1, 0.15) is 6.61 Å². The number of carbonyl (C=O) groups is 1. The van der Waals surface area contributed by atoms with Crippen molar-refractivity contribution in [1.29, 1.82) is 0 Å². The monoisotopic (exact) mass is 303 g/mol. The van der Waals surface area contributed by atoms with Crippen LogP contribution in [0.1, 0.15) is 21.5 Å². The Labute approximate surface area is 127 Å². The maximum Gasteiger partial charge on any atom is 0.337 e. The molecule has 21 heavy (non-hydrogen) atoms. The van der Waals surface area contributed by atoms with Crippen molar-refractivity contribution in [3.63, 3.8) is 0 Å². The first-order valence-corrected chi connectivity index (χ1v) is 6.65. The number of hydrogen-bond acceptors (Lipinski definition) is 4. The van der Waals surface area contributed by atoms with Crippen LogP contribution in [0, 0.1) is 0 Å². The largest absolute Gasteiger partial charge is 0.465 e. The molecule has 0 amide bonds. The highest BCUT2D eigenvalue weighted by atomic mass is 35.5. The molecule has 0 N–H and O–H groups in total. The molecule has 5 heteroatoms. The average molecular weight is 304 g/mol. The smallest absolute Gasteiger partial charge is 0.337 e. The van der Waals surface area contributed by atoms with Crippen LogP contribution in [0.2, 0.25) is 5.02 Å². The molecular formula is C16H14ClNO3. The van der Waals surface area contributed by atoms with Gasteiger partial charge in [0.25, 0.3) is 0 Å². The Hall–Kier alpha value is -2.33. The second-order valence-electron chi connectivity index (χ2n) is 4.21. The predicted molar refractivity (Wildman–Crippen MR) is 81.6 cm³/mol. The second kappa shape index (κ2) is 7.45. The van der Waals surface area contributed by atoms with E-state index in [-0.39, 0.29) is 5.97 Å². The van der Waals surface area contributed by atoms with Crippen molar-refractivity contribution < 1.29 is 14.4 Å². The topological polar surface area (TPSA) is 47.9 Å². The Kier molecular flexibility index (Phi) is 5.35. The number of rotatable bonds is 5. The van der Waals surface area contributed by atoms with Crippen LogP contribution in [-0.2, 0) is 16.2 Å². The van der Waals surface area contributed by atoms with Gasteiger partial charge in [-0.15, -0.1) is 0 Å². The van der Waals surface area contributed by atoms with Gasteiger partial charge >= 0.3 is 5.97 Å². The highest BCUT2D eigenvalue weighted by Crippen LogP contribution is 2.15. The molecule has 108 valence electrons. The third-order valence-electron chi connectivity index (χ3n) is 2.79. The normalized spacial score (nSPS) is 10.6. The number of hydrogen-bond donors (Lipinski definition) is 0. The Morgan fingerprint density at radius 3 is 2.57 bits per heavy atom. The van der Waals surface area contributed by atoms with Gasteiger partial charge in [0.15, 0.2) is 0 Å². The fourth-order valence-electron chi connectivity index (χ4n) is 1.64. The minimum atomic E-state index is -0.367. The van der Waals surface area contributed by atoms with Crippen LogP contribution in [0.25, 0.3) is 0 Å². The zero-order valence-electron chi connectivity index (χ0n) is 11.5. The number of benzene rings is 2. The summed E-state index contributed by atoms with van der Waals surface area (Å²) in [6.07, 6.45) is 1.57. The van der Waals surface area contributed by atoms with Crippen LogP contribution in [0.15, 0.2) is 53.7 Å². The van der Waals surface area contributed by atoms with Crippen molar-refractivity contribution >= 4 is 23.8 Å². The zero-order chi connectivity index (χ0) is 15.1. The van der Waals surface area contributed by atoms with Crippen LogP contribution in [0.4, 0.5) is 0 Å². The molecule has 0 atom stereocenters. The van der Waals surface area contributed by atoms with Crippen molar-refractivity contribution in [1.82, 2.24) is 0 Å². The molecule has 0 aliphatic carbocycles. The van der Waals surface area contributed by atoms with Crippen LogP contribution in [0.5, 0.6) is 0 Å². The fraction of sp³-hybridized carbons (Fsp3) is 0.125. The quantitative estimate of drug-likeness (QED) is 0.481. The summed E-state index contributed by atoms with van der Waals surface area (Å²) in [5.41, 5.74) is 2.19. The molecule has 0 aliphatic rings. The molecule has 0 saturated carbocycles. The summed E-state index contributed by atoms with van der Waals surface area (Å²) in [6.45, 7) is 0.302. The third-order valence-corrected chi connectivity index (χ3v) is 3.15. The number of carbonyl (C=O) groups excluding carboxylic acids is 1. The second-order valence-corrected chi connectivity index (χ2v) is 4.62. The van der Waals surface area contributed by atoms with E-state index >= 15 is 0 Å². The Bertz CT molecular complexity index is 638. The van der Waals surface area contributed by atoms with E-state index in [1.54, 1.807) is 36.5 Å². The van der Waals surface area contributed by atoms with Crippen LogP contribution in [0.3, 0.4) is 0 Å². The highest BCUT2D eigenvalue weighted by molar-refractivity contribution is 6.31. The molecule has 0 heterocycles. The summed E-state index contributed by atoms with van der Waals surface area (Å²) >= 11 is 6.01. The summed E-state index contributed by atoms with van der Waals surface area (Å²) < 4.78 is 4.63. The Balaban J connectivity index is 1.90. The summed E-state index contributed by atoms with van der Waals surface area (Å²) in [5, 5.41) is 4.52. The van der Waals surface area contributed by atoms with Gasteiger partial charge in [-0.2, -0.15) is 0 Å². The Morgan fingerprint density at radius 1 is 1.19 bits per heavy atom. The number of halogens is 1. The molecule has 0 bridgehead atoms. The lowest BCUT2D eigenvalue weighted by molar-refractivity contribution is 0.0601. The van der Waals surface area contributed by atoms with Crippen molar-refractivity contribution in [2.24, 2.45) is 5.16 Å². The van der Waals surface area contributed by atoms with E-state index < -0.39 is 0 Å². The summed E-state index contributed by atoms with van der Waals surface area (Å²) in [7, 11) is 1.35. The van der Waals surface area contributed by atoms with E-state index in [4.69, 9.17) is 16.4 Å². The lowest BCUT2D eigenvalue weighted by Gasteiger charge is -2.02. The number of esters is 1. The van der Waals surface area contributed by atoms with E-state index in [9.17, 15) is 4.79 Å². The predicted octanol–water partition coefficient (Wildman–Crippen LogP) is 3.68. The summed E-state index contributed by atoms with van der Waals surface area (Å²) in [5.74, 6) is -0.367. The van der Waals surface area contributed by atoms with Gasteiger partial charge < -0.3 is 9.57 Å². The van der Waals surface area contributed by atoms with Gasteiger partial charge in [-0.1, -0.05) is 47.1 Å². The van der Waals surface area contributed by atoms with Gasteiger partial charge in [0.05, 0.1) is 18.9 Å². The first-order chi connectivity index (χ1) is 10.2. The molecule has 4 nitrogen and oxygen atoms in total. The van der Waals surface area contributed by atoms with E-state index in [1.165, 1.54) is 7.11 Å². The van der Waals surface area contributed by atoms with Gasteiger partial charge in [-0.25, -0.2) is 4.79 Å². The molecule has 0 spiro atoms. The molecule has 0 saturated heterocycles. The third kappa shape index (κ3) is 4.33. The van der Waals surface area contributed by atoms with Gasteiger partial charge in [0, 0.05) is 10.6 Å². The molecule has 0 fully saturated rings. The molecule has 0 unspecified atom stereocenters. The van der Waals surface area contributed by atoms with E-state index in [2.05, 4.69) is 9.89 Å². The highest BCUT2D eigenvalue weighted by Gasteiger charge is 2.03. The number of ether oxygens (including phenoxy) is 1. The van der Waals surface area contributed by atoms with Crippen molar-refractivity contribution in [2.45, 2.75) is 6.61 Å². The van der Waals surface area contributed by atoms with Gasteiger partial charge in [0.2, 0.25) is 0 Å². The Morgan fingerprint density at radius 2 is 1.90 bits per heavy atom. The lowest BCUT2D eigenvalue weighted by Crippen LogP contribution is -2.00. The van der Waals surface area contributed by atoms with Crippen molar-refractivity contribution in [2.75, 3.05) is 7.11 Å².